The zero-order valence-electron chi connectivity index (χ0n) is 19.0. The second kappa shape index (κ2) is 13.2. The zero-order valence-corrected chi connectivity index (χ0v) is 21.3. The van der Waals surface area contributed by atoms with Gasteiger partial charge < -0.3 is 20.4 Å². The Hall–Kier alpha value is -0.120. The molecule has 0 aromatic rings. The lowest BCUT2D eigenvalue weighted by Gasteiger charge is -2.41. The fourth-order valence-corrected chi connectivity index (χ4v) is 4.20. The van der Waals surface area contributed by atoms with E-state index in [1.807, 2.05) is 7.05 Å². The van der Waals surface area contributed by atoms with Gasteiger partial charge in [0.05, 0.1) is 0 Å². The Morgan fingerprint density at radius 2 is 1.57 bits per heavy atom. The number of likely N-dealkylation sites (tertiary alicyclic amines) is 1. The molecule has 0 aliphatic carbocycles. The molecule has 166 valence electrons. The molecule has 2 fully saturated rings. The number of hydrogen-bond donors (Lipinski definition) is 2. The predicted octanol–water partition coefficient (Wildman–Crippen LogP) is 2.31. The lowest BCUT2D eigenvalue weighted by molar-refractivity contribution is 0.0982. The Morgan fingerprint density at radius 3 is 2.14 bits per heavy atom. The highest BCUT2D eigenvalue weighted by Gasteiger charge is 2.28. The molecule has 6 nitrogen and oxygen atoms in total. The van der Waals surface area contributed by atoms with Crippen molar-refractivity contribution in [2.75, 3.05) is 72.5 Å². The minimum Gasteiger partial charge on any atom is -0.356 e. The van der Waals surface area contributed by atoms with Crippen LogP contribution in [-0.2, 0) is 0 Å². The van der Waals surface area contributed by atoms with E-state index < -0.39 is 0 Å². The van der Waals surface area contributed by atoms with Crippen molar-refractivity contribution in [2.24, 2.45) is 10.9 Å². The second-order valence-electron chi connectivity index (χ2n) is 9.01. The third-order valence-corrected chi connectivity index (χ3v) is 6.22. The summed E-state index contributed by atoms with van der Waals surface area (Å²) < 4.78 is 0. The number of nitrogens with one attached hydrogen (secondary N) is 2. The van der Waals surface area contributed by atoms with Crippen LogP contribution < -0.4 is 10.6 Å². The molecular weight excluding hydrogens is 463 g/mol. The lowest BCUT2D eigenvalue weighted by Crippen LogP contribution is -2.55. The standard InChI is InChI=1S/C21H44N6.HI/c1-6-25-12-14-26(15-13-25)17-19(2)16-23-20(22-5)24-18-21(3,4)27-10-8-7-9-11-27;/h19H,6-18H2,1-5H3,(H2,22,23,24);1H. The highest BCUT2D eigenvalue weighted by Crippen LogP contribution is 2.19. The summed E-state index contributed by atoms with van der Waals surface area (Å²) in [6, 6.07) is 0. The second-order valence-corrected chi connectivity index (χ2v) is 9.01. The molecule has 0 saturated carbocycles. The van der Waals surface area contributed by atoms with Gasteiger partial charge >= 0.3 is 0 Å². The summed E-state index contributed by atoms with van der Waals surface area (Å²) in [4.78, 5) is 12.2. The van der Waals surface area contributed by atoms with Crippen molar-refractivity contribution < 1.29 is 0 Å². The van der Waals surface area contributed by atoms with E-state index in [9.17, 15) is 0 Å². The molecule has 2 rings (SSSR count). The van der Waals surface area contributed by atoms with E-state index in [4.69, 9.17) is 0 Å². The van der Waals surface area contributed by atoms with Gasteiger partial charge in [0.25, 0.3) is 0 Å². The third-order valence-electron chi connectivity index (χ3n) is 6.22. The van der Waals surface area contributed by atoms with Gasteiger partial charge in [0, 0.05) is 58.4 Å². The Morgan fingerprint density at radius 1 is 0.964 bits per heavy atom. The van der Waals surface area contributed by atoms with E-state index in [0.29, 0.717) is 5.92 Å². The maximum absolute atomic E-state index is 4.43. The van der Waals surface area contributed by atoms with Crippen LogP contribution in [0.25, 0.3) is 0 Å². The molecule has 0 radical (unpaired) electrons. The molecule has 1 unspecified atom stereocenters. The van der Waals surface area contributed by atoms with Crippen molar-refractivity contribution in [3.63, 3.8) is 0 Å². The first kappa shape index (κ1) is 25.9. The quantitative estimate of drug-likeness (QED) is 0.300. The van der Waals surface area contributed by atoms with Crippen LogP contribution in [0.15, 0.2) is 4.99 Å². The van der Waals surface area contributed by atoms with Crippen molar-refractivity contribution >= 4 is 29.9 Å². The summed E-state index contributed by atoms with van der Waals surface area (Å²) >= 11 is 0. The molecule has 0 amide bonds. The Balaban J connectivity index is 0.00000392. The average Bonchev–Trinajstić information content (AvgIpc) is 2.69. The van der Waals surface area contributed by atoms with Crippen molar-refractivity contribution in [3.8, 4) is 0 Å². The number of halogens is 1. The van der Waals surface area contributed by atoms with Crippen LogP contribution in [0.5, 0.6) is 0 Å². The van der Waals surface area contributed by atoms with Crippen LogP contribution in [0, 0.1) is 5.92 Å². The Bertz CT molecular complexity index is 442. The van der Waals surface area contributed by atoms with Crippen LogP contribution >= 0.6 is 24.0 Å². The molecule has 2 saturated heterocycles. The lowest BCUT2D eigenvalue weighted by atomic mass is 9.98. The predicted molar refractivity (Wildman–Crippen MR) is 132 cm³/mol. The molecular formula is C21H45IN6. The highest BCUT2D eigenvalue weighted by atomic mass is 127. The van der Waals surface area contributed by atoms with Gasteiger partial charge in [-0.15, -0.1) is 24.0 Å². The van der Waals surface area contributed by atoms with Gasteiger partial charge in [-0.1, -0.05) is 20.3 Å². The van der Waals surface area contributed by atoms with E-state index in [-0.39, 0.29) is 29.5 Å². The van der Waals surface area contributed by atoms with Crippen molar-refractivity contribution in [1.29, 1.82) is 0 Å². The number of piperidine rings is 1. The van der Waals surface area contributed by atoms with E-state index in [0.717, 1.165) is 19.0 Å². The summed E-state index contributed by atoms with van der Waals surface area (Å²) in [5.41, 5.74) is 0.169. The maximum atomic E-state index is 4.43. The van der Waals surface area contributed by atoms with Gasteiger partial charge in [0.15, 0.2) is 5.96 Å². The van der Waals surface area contributed by atoms with E-state index in [2.05, 4.69) is 58.0 Å². The van der Waals surface area contributed by atoms with E-state index in [1.165, 1.54) is 71.6 Å². The number of likely N-dealkylation sites (N-methyl/N-ethyl adjacent to an activating group) is 1. The third kappa shape index (κ3) is 8.71. The van der Waals surface area contributed by atoms with E-state index in [1.54, 1.807) is 0 Å². The smallest absolute Gasteiger partial charge is 0.191 e. The number of hydrogen-bond acceptors (Lipinski definition) is 4. The largest absolute Gasteiger partial charge is 0.356 e. The molecule has 0 aromatic heterocycles. The first-order valence-electron chi connectivity index (χ1n) is 11.1. The van der Waals surface area contributed by atoms with Gasteiger partial charge in [0.1, 0.15) is 0 Å². The number of aliphatic imine (C=N–C) groups is 1. The number of nitrogens with zero attached hydrogens (tertiary/aromatic N) is 4. The summed E-state index contributed by atoms with van der Waals surface area (Å²) in [6.07, 6.45) is 4.05. The van der Waals surface area contributed by atoms with Crippen LogP contribution in [-0.4, -0.2) is 98.7 Å². The van der Waals surface area contributed by atoms with Crippen LogP contribution in [0.1, 0.15) is 47.0 Å². The van der Waals surface area contributed by atoms with Crippen LogP contribution in [0.2, 0.25) is 0 Å². The molecule has 2 N–H and O–H groups in total. The monoisotopic (exact) mass is 508 g/mol. The molecule has 2 aliphatic heterocycles. The van der Waals surface area contributed by atoms with Gasteiger partial charge in [-0.2, -0.15) is 0 Å². The normalized spacial score (nSPS) is 21.8. The summed E-state index contributed by atoms with van der Waals surface area (Å²) in [7, 11) is 1.87. The molecule has 0 aromatic carbocycles. The van der Waals surface area contributed by atoms with Crippen LogP contribution in [0.3, 0.4) is 0 Å². The molecule has 2 heterocycles. The minimum atomic E-state index is 0. The van der Waals surface area contributed by atoms with Gasteiger partial charge in [-0.05, 0) is 52.2 Å². The summed E-state index contributed by atoms with van der Waals surface area (Å²) in [5, 5.41) is 7.09. The number of guanidine groups is 1. The molecule has 0 spiro atoms. The highest BCUT2D eigenvalue weighted by molar-refractivity contribution is 14.0. The number of rotatable bonds is 8. The molecule has 28 heavy (non-hydrogen) atoms. The van der Waals surface area contributed by atoms with Gasteiger partial charge in [-0.25, -0.2) is 0 Å². The van der Waals surface area contributed by atoms with Crippen molar-refractivity contribution in [2.45, 2.75) is 52.5 Å². The molecule has 2 aliphatic rings. The SMILES string of the molecule is CCN1CCN(CC(C)CNC(=NC)NCC(C)(C)N2CCCCC2)CC1.I. The van der Waals surface area contributed by atoms with Crippen LogP contribution in [0.4, 0.5) is 0 Å². The number of piperazine rings is 1. The Kier molecular flexibility index (Phi) is 12.3. The molecule has 1 atom stereocenters. The first-order valence-corrected chi connectivity index (χ1v) is 11.1. The minimum absolute atomic E-state index is 0. The van der Waals surface area contributed by atoms with Gasteiger partial charge in [-0.3, -0.25) is 9.89 Å². The first-order chi connectivity index (χ1) is 12.9. The summed E-state index contributed by atoms with van der Waals surface area (Å²) in [5.74, 6) is 1.55. The fraction of sp³-hybridized carbons (Fsp3) is 0.952. The average molecular weight is 509 g/mol. The topological polar surface area (TPSA) is 46.1 Å². The van der Waals surface area contributed by atoms with Crippen molar-refractivity contribution in [1.82, 2.24) is 25.3 Å². The van der Waals surface area contributed by atoms with E-state index >= 15 is 0 Å². The summed E-state index contributed by atoms with van der Waals surface area (Å²) in [6.45, 7) is 20.8. The molecule has 0 bridgehead atoms. The molecule has 7 heteroatoms. The van der Waals surface area contributed by atoms with Gasteiger partial charge in [0.2, 0.25) is 0 Å². The Labute approximate surface area is 190 Å². The zero-order chi connectivity index (χ0) is 19.7. The maximum Gasteiger partial charge on any atom is 0.191 e. The van der Waals surface area contributed by atoms with Crippen molar-refractivity contribution in [3.05, 3.63) is 0 Å². The fourth-order valence-electron chi connectivity index (χ4n) is 4.20.